The molecule has 0 saturated carbocycles. The van der Waals surface area contributed by atoms with E-state index in [1.165, 1.54) is 24.2 Å². The van der Waals surface area contributed by atoms with Crippen molar-refractivity contribution in [3.63, 3.8) is 0 Å². The predicted octanol–water partition coefficient (Wildman–Crippen LogP) is 2.87. The average molecular weight is 293 g/mol. The first-order chi connectivity index (χ1) is 9.43. The number of piperidine rings is 1. The molecular formula is C15H23N3OS. The summed E-state index contributed by atoms with van der Waals surface area (Å²) in [4.78, 5) is 14.9. The van der Waals surface area contributed by atoms with Gasteiger partial charge in [0.2, 0.25) is 0 Å². The van der Waals surface area contributed by atoms with E-state index in [1.807, 2.05) is 6.07 Å². The number of nitrogens with one attached hydrogen (secondary N) is 1. The molecule has 5 heteroatoms. The fraction of sp³-hybridized carbons (Fsp3) is 0.533. The van der Waals surface area contributed by atoms with Gasteiger partial charge < -0.3 is 16.0 Å². The van der Waals surface area contributed by atoms with Crippen molar-refractivity contribution in [3.05, 3.63) is 23.6 Å². The highest BCUT2D eigenvalue weighted by Crippen LogP contribution is 2.37. The second-order valence-corrected chi connectivity index (χ2v) is 7.09. The van der Waals surface area contributed by atoms with Gasteiger partial charge in [0.1, 0.15) is 4.88 Å². The number of nitrogens with zero attached hydrogens (tertiary/aromatic N) is 1. The van der Waals surface area contributed by atoms with E-state index >= 15 is 0 Å². The Morgan fingerprint density at radius 2 is 2.40 bits per heavy atom. The van der Waals surface area contributed by atoms with Crippen LogP contribution in [0.5, 0.6) is 0 Å². The zero-order chi connectivity index (χ0) is 14.8. The minimum atomic E-state index is -0.116. The van der Waals surface area contributed by atoms with Crippen molar-refractivity contribution in [2.75, 3.05) is 30.3 Å². The van der Waals surface area contributed by atoms with Crippen LogP contribution in [0.2, 0.25) is 0 Å². The van der Waals surface area contributed by atoms with E-state index in [-0.39, 0.29) is 5.91 Å². The molecule has 2 rings (SSSR count). The highest BCUT2D eigenvalue weighted by Gasteiger charge is 2.28. The van der Waals surface area contributed by atoms with Gasteiger partial charge in [-0.25, -0.2) is 0 Å². The molecule has 2 heterocycles. The maximum atomic E-state index is 12.0. The molecular weight excluding hydrogens is 270 g/mol. The highest BCUT2D eigenvalue weighted by atomic mass is 32.1. The molecule has 1 aromatic rings. The first-order valence-electron chi connectivity index (χ1n) is 6.96. The summed E-state index contributed by atoms with van der Waals surface area (Å²) in [5.41, 5.74) is 6.87. The van der Waals surface area contributed by atoms with E-state index in [0.29, 0.717) is 22.5 Å². The lowest BCUT2D eigenvalue weighted by atomic mass is 9.84. The van der Waals surface area contributed by atoms with Crippen LogP contribution in [0.25, 0.3) is 0 Å². The van der Waals surface area contributed by atoms with Gasteiger partial charge in [-0.05, 0) is 24.3 Å². The normalized spacial score (nSPS) is 17.8. The topological polar surface area (TPSA) is 58.4 Å². The Morgan fingerprint density at radius 3 is 3.05 bits per heavy atom. The third kappa shape index (κ3) is 3.33. The maximum absolute atomic E-state index is 12.0. The highest BCUT2D eigenvalue weighted by molar-refractivity contribution is 7.18. The quantitative estimate of drug-likeness (QED) is 0.839. The maximum Gasteiger partial charge on any atom is 0.263 e. The molecule has 3 N–H and O–H groups in total. The van der Waals surface area contributed by atoms with E-state index in [0.717, 1.165) is 18.1 Å². The van der Waals surface area contributed by atoms with E-state index in [4.69, 9.17) is 5.73 Å². The summed E-state index contributed by atoms with van der Waals surface area (Å²) in [6, 6.07) is 1.93. The molecule has 1 fully saturated rings. The molecule has 4 nitrogen and oxygen atoms in total. The summed E-state index contributed by atoms with van der Waals surface area (Å²) < 4.78 is 0. The molecule has 0 aromatic carbocycles. The van der Waals surface area contributed by atoms with Gasteiger partial charge in [-0.15, -0.1) is 17.9 Å². The number of anilines is 2. The molecule has 0 radical (unpaired) electrons. The molecule has 1 aromatic heterocycles. The number of hydrogen-bond donors (Lipinski definition) is 2. The van der Waals surface area contributed by atoms with Crippen molar-refractivity contribution in [2.45, 2.75) is 26.7 Å². The number of nitrogens with two attached hydrogens (primary N) is 1. The van der Waals surface area contributed by atoms with Crippen LogP contribution in [0.3, 0.4) is 0 Å². The van der Waals surface area contributed by atoms with Crippen LogP contribution < -0.4 is 16.0 Å². The monoisotopic (exact) mass is 293 g/mol. The Morgan fingerprint density at radius 1 is 1.65 bits per heavy atom. The van der Waals surface area contributed by atoms with Gasteiger partial charge in [0.15, 0.2) is 0 Å². The molecule has 1 aliphatic rings. The molecule has 0 atom stereocenters. The van der Waals surface area contributed by atoms with Crippen molar-refractivity contribution < 1.29 is 4.79 Å². The molecule has 0 aliphatic carbocycles. The van der Waals surface area contributed by atoms with E-state index < -0.39 is 0 Å². The minimum Gasteiger partial charge on any atom is -0.397 e. The summed E-state index contributed by atoms with van der Waals surface area (Å²) in [5.74, 6) is -0.116. The summed E-state index contributed by atoms with van der Waals surface area (Å²) in [6.45, 7) is 10.7. The number of amides is 1. The standard InChI is InChI=1S/C15H23N3OS/c1-4-7-17-14(19)13-11(16)9-12(20-13)18-8-5-6-15(2,3)10-18/h4,9H,1,5-8,10,16H2,2-3H3,(H,17,19). The van der Waals surface area contributed by atoms with Crippen LogP contribution in [0.15, 0.2) is 18.7 Å². The molecule has 20 heavy (non-hydrogen) atoms. The van der Waals surface area contributed by atoms with Crippen molar-refractivity contribution in [1.82, 2.24) is 5.32 Å². The SMILES string of the molecule is C=CCNC(=O)c1sc(N2CCCC(C)(C)C2)cc1N. The van der Waals surface area contributed by atoms with Crippen LogP contribution in [-0.2, 0) is 0 Å². The lowest BCUT2D eigenvalue weighted by Gasteiger charge is -2.38. The fourth-order valence-electron chi connectivity index (χ4n) is 2.58. The van der Waals surface area contributed by atoms with Crippen LogP contribution in [0.1, 0.15) is 36.4 Å². The Bertz CT molecular complexity index is 507. The smallest absolute Gasteiger partial charge is 0.263 e. The van der Waals surface area contributed by atoms with Gasteiger partial charge in [0.25, 0.3) is 5.91 Å². The Balaban J connectivity index is 2.14. The lowest BCUT2D eigenvalue weighted by molar-refractivity contribution is 0.0963. The van der Waals surface area contributed by atoms with Crippen LogP contribution in [0.4, 0.5) is 10.7 Å². The zero-order valence-electron chi connectivity index (χ0n) is 12.2. The van der Waals surface area contributed by atoms with Crippen molar-refractivity contribution in [1.29, 1.82) is 0 Å². The third-order valence-corrected chi connectivity index (χ3v) is 4.78. The number of nitrogen functional groups attached to an aromatic ring is 1. The summed E-state index contributed by atoms with van der Waals surface area (Å²) in [5, 5.41) is 3.87. The minimum absolute atomic E-state index is 0.116. The third-order valence-electron chi connectivity index (χ3n) is 3.57. The van der Waals surface area contributed by atoms with Crippen LogP contribution in [-0.4, -0.2) is 25.5 Å². The summed E-state index contributed by atoms with van der Waals surface area (Å²) in [6.07, 6.45) is 4.09. The van der Waals surface area contributed by atoms with Crippen LogP contribution in [0, 0.1) is 5.41 Å². The number of carbonyl (C=O) groups excluding carboxylic acids is 1. The van der Waals surface area contributed by atoms with Gasteiger partial charge in [-0.2, -0.15) is 0 Å². The molecule has 1 aliphatic heterocycles. The average Bonchev–Trinajstić information content (AvgIpc) is 2.77. The van der Waals surface area contributed by atoms with Gasteiger partial charge >= 0.3 is 0 Å². The van der Waals surface area contributed by atoms with E-state index in [1.54, 1.807) is 6.08 Å². The predicted molar refractivity (Wildman–Crippen MR) is 86.5 cm³/mol. The number of hydrogen-bond acceptors (Lipinski definition) is 4. The number of thiophene rings is 1. The molecule has 110 valence electrons. The summed E-state index contributed by atoms with van der Waals surface area (Å²) in [7, 11) is 0. The Hall–Kier alpha value is -1.49. The van der Waals surface area contributed by atoms with E-state index in [9.17, 15) is 4.79 Å². The fourth-order valence-corrected chi connectivity index (χ4v) is 3.60. The Labute approximate surface area is 124 Å². The molecule has 0 bridgehead atoms. The van der Waals surface area contributed by atoms with Gasteiger partial charge in [0, 0.05) is 19.6 Å². The Kier molecular flexibility index (Phi) is 4.38. The van der Waals surface area contributed by atoms with Crippen molar-refractivity contribution in [3.8, 4) is 0 Å². The molecule has 1 amide bonds. The molecule has 0 unspecified atom stereocenters. The van der Waals surface area contributed by atoms with Gasteiger partial charge in [-0.1, -0.05) is 19.9 Å². The second kappa shape index (κ2) is 5.87. The van der Waals surface area contributed by atoms with Crippen molar-refractivity contribution >= 4 is 27.9 Å². The lowest BCUT2D eigenvalue weighted by Crippen LogP contribution is -2.39. The summed E-state index contributed by atoms with van der Waals surface area (Å²) >= 11 is 1.48. The first-order valence-corrected chi connectivity index (χ1v) is 7.78. The van der Waals surface area contributed by atoms with Gasteiger partial charge in [0.05, 0.1) is 10.7 Å². The van der Waals surface area contributed by atoms with Gasteiger partial charge in [-0.3, -0.25) is 4.79 Å². The number of carbonyl (C=O) groups is 1. The number of rotatable bonds is 4. The second-order valence-electron chi connectivity index (χ2n) is 6.06. The first kappa shape index (κ1) is 14.9. The van der Waals surface area contributed by atoms with E-state index in [2.05, 4.69) is 30.6 Å². The zero-order valence-corrected chi connectivity index (χ0v) is 13.1. The van der Waals surface area contributed by atoms with Crippen molar-refractivity contribution in [2.24, 2.45) is 5.41 Å². The van der Waals surface area contributed by atoms with Crippen LogP contribution >= 0.6 is 11.3 Å². The molecule has 0 spiro atoms. The molecule has 1 saturated heterocycles. The largest absolute Gasteiger partial charge is 0.397 e.